The first-order valence-corrected chi connectivity index (χ1v) is 9.17. The van der Waals surface area contributed by atoms with E-state index >= 15 is 0 Å². The average molecular weight is 345 g/mol. The fourth-order valence-corrected chi connectivity index (χ4v) is 3.51. The molecule has 25 heavy (non-hydrogen) atoms. The third-order valence-corrected chi connectivity index (χ3v) is 4.93. The van der Waals surface area contributed by atoms with Gasteiger partial charge in [0.05, 0.1) is 0 Å². The maximum absolute atomic E-state index is 13.5. The highest BCUT2D eigenvalue weighted by Gasteiger charge is 2.16. The molecule has 1 aromatic heterocycles. The van der Waals surface area contributed by atoms with E-state index in [0.717, 1.165) is 48.8 Å². The van der Waals surface area contributed by atoms with Gasteiger partial charge in [-0.1, -0.05) is 12.5 Å². The van der Waals surface area contributed by atoms with Crippen LogP contribution in [-0.2, 0) is 19.4 Å². The van der Waals surface area contributed by atoms with Gasteiger partial charge in [0.25, 0.3) is 0 Å². The van der Waals surface area contributed by atoms with Crippen molar-refractivity contribution in [1.29, 1.82) is 0 Å². The Morgan fingerprint density at radius 2 is 2.08 bits per heavy atom. The number of fused-ring (bicyclic) bond motifs is 1. The Morgan fingerprint density at radius 3 is 2.88 bits per heavy atom. The van der Waals surface area contributed by atoms with Crippen molar-refractivity contribution < 1.29 is 4.39 Å². The smallest absolute Gasteiger partial charge is 0.134 e. The van der Waals surface area contributed by atoms with E-state index in [1.807, 2.05) is 25.1 Å². The second-order valence-electron chi connectivity index (χ2n) is 7.02. The molecule has 136 valence electrons. The number of hydrogen-bond acceptors (Lipinski definition) is 4. The molecule has 2 aromatic rings. The standard InChI is InChI=1S/C19H28FN5/c1-14(16-9-8-15(20)13-17(16)24(2)3)21-11-10-19-23-22-18-7-5-4-6-12-25(18)19/h8-9,13-14,21H,4-7,10-12H2,1-3H3/t14-/m1/s1. The first-order valence-electron chi connectivity index (χ1n) is 9.17. The number of halogens is 1. The molecule has 0 radical (unpaired) electrons. The van der Waals surface area contributed by atoms with Crippen LogP contribution in [0.2, 0.25) is 0 Å². The lowest BCUT2D eigenvalue weighted by Gasteiger charge is -2.22. The summed E-state index contributed by atoms with van der Waals surface area (Å²) in [7, 11) is 3.88. The van der Waals surface area contributed by atoms with E-state index in [-0.39, 0.29) is 11.9 Å². The number of hydrogen-bond donors (Lipinski definition) is 1. The molecule has 0 spiro atoms. The second-order valence-corrected chi connectivity index (χ2v) is 7.02. The molecule has 0 saturated heterocycles. The topological polar surface area (TPSA) is 46.0 Å². The molecule has 0 bridgehead atoms. The Labute approximate surface area is 149 Å². The van der Waals surface area contributed by atoms with Crippen LogP contribution >= 0.6 is 0 Å². The Hall–Kier alpha value is -1.95. The van der Waals surface area contributed by atoms with Gasteiger partial charge in [-0.3, -0.25) is 0 Å². The van der Waals surface area contributed by atoms with E-state index in [0.29, 0.717) is 0 Å². The zero-order chi connectivity index (χ0) is 17.8. The first kappa shape index (κ1) is 17.9. The van der Waals surface area contributed by atoms with Crippen LogP contribution < -0.4 is 10.2 Å². The second kappa shape index (κ2) is 7.95. The Kier molecular flexibility index (Phi) is 5.68. The largest absolute Gasteiger partial charge is 0.377 e. The van der Waals surface area contributed by atoms with Gasteiger partial charge in [0.1, 0.15) is 17.5 Å². The summed E-state index contributed by atoms with van der Waals surface area (Å²) in [5.74, 6) is 2.00. The van der Waals surface area contributed by atoms with Crippen molar-refractivity contribution in [2.45, 2.75) is 51.6 Å². The van der Waals surface area contributed by atoms with Crippen molar-refractivity contribution in [2.75, 3.05) is 25.5 Å². The lowest BCUT2D eigenvalue weighted by Crippen LogP contribution is -2.24. The van der Waals surface area contributed by atoms with Gasteiger partial charge in [0, 0.05) is 51.8 Å². The summed E-state index contributed by atoms with van der Waals surface area (Å²) in [6.45, 7) is 3.98. The molecule has 1 aliphatic heterocycles. The lowest BCUT2D eigenvalue weighted by atomic mass is 10.1. The number of rotatable bonds is 6. The normalized spacial score (nSPS) is 15.5. The number of aryl methyl sites for hydroxylation is 1. The summed E-state index contributed by atoms with van der Waals surface area (Å²) in [6.07, 6.45) is 5.60. The van der Waals surface area contributed by atoms with Crippen molar-refractivity contribution in [1.82, 2.24) is 20.1 Å². The van der Waals surface area contributed by atoms with Crippen molar-refractivity contribution in [3.8, 4) is 0 Å². The molecule has 0 fully saturated rings. The van der Waals surface area contributed by atoms with E-state index in [9.17, 15) is 4.39 Å². The molecule has 1 atom stereocenters. The molecule has 1 aromatic carbocycles. The third-order valence-electron chi connectivity index (χ3n) is 4.93. The van der Waals surface area contributed by atoms with Gasteiger partial charge < -0.3 is 14.8 Å². The first-order chi connectivity index (χ1) is 12.1. The molecule has 6 heteroatoms. The Bertz CT molecular complexity index is 710. The van der Waals surface area contributed by atoms with Gasteiger partial charge in [0.15, 0.2) is 0 Å². The van der Waals surface area contributed by atoms with Gasteiger partial charge in [-0.2, -0.15) is 0 Å². The van der Waals surface area contributed by atoms with Gasteiger partial charge in [-0.05, 0) is 37.5 Å². The SMILES string of the molecule is C[C@@H](NCCc1nnc2n1CCCCC2)c1ccc(F)cc1N(C)C. The number of aromatic nitrogens is 3. The maximum atomic E-state index is 13.5. The number of benzene rings is 1. The van der Waals surface area contributed by atoms with Gasteiger partial charge >= 0.3 is 0 Å². The molecule has 2 heterocycles. The van der Waals surface area contributed by atoms with Crippen LogP contribution in [0.4, 0.5) is 10.1 Å². The highest BCUT2D eigenvalue weighted by Crippen LogP contribution is 2.26. The van der Waals surface area contributed by atoms with Gasteiger partial charge in [-0.25, -0.2) is 4.39 Å². The Balaban J connectivity index is 1.62. The van der Waals surface area contributed by atoms with E-state index in [2.05, 4.69) is 27.0 Å². The molecule has 0 unspecified atom stereocenters. The summed E-state index contributed by atoms with van der Waals surface area (Å²) >= 11 is 0. The van der Waals surface area contributed by atoms with Crippen molar-refractivity contribution in [3.63, 3.8) is 0 Å². The Morgan fingerprint density at radius 1 is 1.24 bits per heavy atom. The minimum atomic E-state index is -0.203. The maximum Gasteiger partial charge on any atom is 0.134 e. The summed E-state index contributed by atoms with van der Waals surface area (Å²) in [4.78, 5) is 1.95. The fraction of sp³-hybridized carbons (Fsp3) is 0.579. The minimum Gasteiger partial charge on any atom is -0.377 e. The molecule has 5 nitrogen and oxygen atoms in total. The van der Waals surface area contributed by atoms with Crippen molar-refractivity contribution in [3.05, 3.63) is 41.2 Å². The van der Waals surface area contributed by atoms with Crippen molar-refractivity contribution in [2.24, 2.45) is 0 Å². The summed E-state index contributed by atoms with van der Waals surface area (Å²) < 4.78 is 15.8. The van der Waals surface area contributed by atoms with Crippen LogP contribution in [0.15, 0.2) is 18.2 Å². The average Bonchev–Trinajstić information content (AvgIpc) is 2.81. The lowest BCUT2D eigenvalue weighted by molar-refractivity contribution is 0.547. The molecule has 0 saturated carbocycles. The summed E-state index contributed by atoms with van der Waals surface area (Å²) in [5.41, 5.74) is 2.02. The highest BCUT2D eigenvalue weighted by atomic mass is 19.1. The summed E-state index contributed by atoms with van der Waals surface area (Å²) in [6, 6.07) is 5.13. The molecular weight excluding hydrogens is 317 g/mol. The minimum absolute atomic E-state index is 0.143. The third kappa shape index (κ3) is 4.18. The van der Waals surface area contributed by atoms with Crippen LogP contribution in [-0.4, -0.2) is 35.4 Å². The van der Waals surface area contributed by atoms with E-state index < -0.39 is 0 Å². The van der Waals surface area contributed by atoms with Crippen LogP contribution in [0.5, 0.6) is 0 Å². The molecule has 0 amide bonds. The molecule has 0 aliphatic carbocycles. The van der Waals surface area contributed by atoms with E-state index in [4.69, 9.17) is 0 Å². The zero-order valence-electron chi connectivity index (χ0n) is 15.4. The molecule has 1 N–H and O–H groups in total. The number of anilines is 1. The van der Waals surface area contributed by atoms with E-state index in [1.54, 1.807) is 6.07 Å². The van der Waals surface area contributed by atoms with Crippen LogP contribution in [0.1, 0.15) is 49.4 Å². The monoisotopic (exact) mass is 345 g/mol. The van der Waals surface area contributed by atoms with Crippen LogP contribution in [0.25, 0.3) is 0 Å². The van der Waals surface area contributed by atoms with Crippen LogP contribution in [0.3, 0.4) is 0 Å². The molecule has 3 rings (SSSR count). The van der Waals surface area contributed by atoms with Gasteiger partial charge in [0.2, 0.25) is 0 Å². The molecular formula is C19H28FN5. The number of nitrogens with zero attached hydrogens (tertiary/aromatic N) is 4. The van der Waals surface area contributed by atoms with E-state index in [1.165, 1.54) is 25.3 Å². The van der Waals surface area contributed by atoms with Crippen molar-refractivity contribution >= 4 is 5.69 Å². The fourth-order valence-electron chi connectivity index (χ4n) is 3.51. The number of nitrogens with one attached hydrogen (secondary N) is 1. The van der Waals surface area contributed by atoms with Crippen LogP contribution in [0, 0.1) is 5.82 Å². The quantitative estimate of drug-likeness (QED) is 0.874. The predicted octanol–water partition coefficient (Wildman–Crippen LogP) is 3.10. The highest BCUT2D eigenvalue weighted by molar-refractivity contribution is 5.54. The predicted molar refractivity (Wildman–Crippen MR) is 98.4 cm³/mol. The zero-order valence-corrected chi connectivity index (χ0v) is 15.4. The molecule has 1 aliphatic rings. The summed E-state index contributed by atoms with van der Waals surface area (Å²) in [5, 5.41) is 12.3. The van der Waals surface area contributed by atoms with Gasteiger partial charge in [-0.15, -0.1) is 10.2 Å².